The fraction of sp³-hybridized carbons (Fsp3) is 0.419. The largest absolute Gasteiger partial charge is 0.344 e. The van der Waals surface area contributed by atoms with Crippen molar-refractivity contribution in [2.75, 3.05) is 14.1 Å². The van der Waals surface area contributed by atoms with Crippen LogP contribution in [-0.2, 0) is 22.4 Å². The molecule has 0 saturated carbocycles. The van der Waals surface area contributed by atoms with Crippen molar-refractivity contribution < 1.29 is 13.8 Å². The molecule has 8 aromatic rings. The lowest BCUT2D eigenvalue weighted by molar-refractivity contribution is -0.123. The summed E-state index contributed by atoms with van der Waals surface area (Å²) in [5.74, 6) is 1.09. The Balaban J connectivity index is 0.00000128. The molecule has 0 fully saturated rings. The molecule has 2 aromatic carbocycles. The summed E-state index contributed by atoms with van der Waals surface area (Å²) in [6.07, 6.45) is 22.7. The number of amides is 2. The Morgan fingerprint density at radius 1 is 0.520 bits per heavy atom. The first-order chi connectivity index (χ1) is 37.9. The highest BCUT2D eigenvalue weighted by Gasteiger charge is 2.47. The van der Waals surface area contributed by atoms with Gasteiger partial charge in [0.2, 0.25) is 0 Å². The van der Waals surface area contributed by atoms with Crippen LogP contribution in [0.2, 0.25) is 4.24 Å². The highest BCUT2D eigenvalue weighted by molar-refractivity contribution is 7.92. The van der Waals surface area contributed by atoms with Crippen molar-refractivity contribution in [3.8, 4) is 29.3 Å². The summed E-state index contributed by atoms with van der Waals surface area (Å²) < 4.78 is 20.1. The van der Waals surface area contributed by atoms with Crippen LogP contribution in [0.4, 0.5) is 0 Å². The van der Waals surface area contributed by atoms with Crippen molar-refractivity contribution >= 4 is 140 Å². The van der Waals surface area contributed by atoms with Crippen molar-refractivity contribution in [3.05, 3.63) is 116 Å². The fourth-order valence-corrected chi connectivity index (χ4v) is 17.9. The van der Waals surface area contributed by atoms with Gasteiger partial charge in [0.15, 0.2) is 0 Å². The molecule has 0 aliphatic carbocycles. The minimum Gasteiger partial charge on any atom is -0.344 e. The fourth-order valence-electron chi connectivity index (χ4n) is 11.5. The molecule has 2 aliphatic heterocycles. The second-order valence-electron chi connectivity index (χ2n) is 20.5. The molecule has 6 aromatic heterocycles. The third-order valence-corrected chi connectivity index (χ3v) is 22.1. The van der Waals surface area contributed by atoms with Crippen LogP contribution in [0, 0.1) is 11.8 Å². The van der Waals surface area contributed by atoms with Gasteiger partial charge in [-0.25, -0.2) is 0 Å². The van der Waals surface area contributed by atoms with E-state index in [1.165, 1.54) is 169 Å². The molecule has 0 spiro atoms. The first kappa shape index (κ1) is 53.7. The van der Waals surface area contributed by atoms with Crippen molar-refractivity contribution in [2.45, 2.75) is 143 Å². The van der Waals surface area contributed by atoms with Crippen LogP contribution in [0.25, 0.3) is 71.6 Å². The number of benzene rings is 2. The second-order valence-corrected chi connectivity index (χ2v) is 26.6. The molecule has 0 bridgehead atoms. The molecule has 8 heterocycles. The number of hydrogen-bond acceptors (Lipinski definition) is 9. The van der Waals surface area contributed by atoms with Crippen LogP contribution in [0.3, 0.4) is 0 Å². The van der Waals surface area contributed by atoms with Crippen LogP contribution >= 0.6 is 85.9 Å². The topological polar surface area (TPSA) is 75.6 Å². The van der Waals surface area contributed by atoms with E-state index in [-0.39, 0.29) is 17.9 Å². The minimum absolute atomic E-state index is 0.116. The number of nitrogens with zero attached hydrogens (tertiary/aromatic N) is 2. The van der Waals surface area contributed by atoms with E-state index in [1.54, 1.807) is 43.8 Å². The quantitative estimate of drug-likeness (QED) is 0.0458. The van der Waals surface area contributed by atoms with Crippen LogP contribution in [0.5, 0.6) is 0 Å². The summed E-state index contributed by atoms with van der Waals surface area (Å²) in [6.45, 7) is 9.36. The van der Waals surface area contributed by atoms with Gasteiger partial charge >= 0.3 is 0 Å². The van der Waals surface area contributed by atoms with Crippen LogP contribution in [-0.4, -0.2) is 35.7 Å². The molecule has 5 nitrogen and oxygen atoms in total. The molecule has 10 rings (SSSR count). The molecular weight excluding hydrogens is 1070 g/mol. The zero-order valence-corrected chi connectivity index (χ0v) is 51.9. The number of hydrogen-bond donors (Lipinski definition) is 1. The summed E-state index contributed by atoms with van der Waals surface area (Å²) >= 11 is 10.9. The number of carbonyl (C=O) groups excluding carboxylic acids is 2. The van der Waals surface area contributed by atoms with Crippen molar-refractivity contribution in [1.29, 1.82) is 0 Å². The van der Waals surface area contributed by atoms with Crippen LogP contribution in [0.15, 0.2) is 94.7 Å². The van der Waals surface area contributed by atoms with E-state index in [0.29, 0.717) is 28.7 Å². The minimum atomic E-state index is -0.250. The zero-order chi connectivity index (χ0) is 55.5. The van der Waals surface area contributed by atoms with E-state index in [4.69, 9.17) is 4.24 Å². The molecule has 2 aliphatic rings. The van der Waals surface area contributed by atoms with Gasteiger partial charge < -0.3 is 15.9 Å². The molecule has 4 atom stereocenters. The Bertz CT molecular complexity index is 3310. The predicted molar refractivity (Wildman–Crippen MR) is 344 cm³/mol. The van der Waals surface area contributed by atoms with Gasteiger partial charge in [0, 0.05) is 63.5 Å². The van der Waals surface area contributed by atoms with Gasteiger partial charge in [0.25, 0.3) is 11.8 Å². The first-order valence-corrected chi connectivity index (χ1v) is 35.0. The Morgan fingerprint density at radius 2 is 0.907 bits per heavy atom. The van der Waals surface area contributed by atoms with Gasteiger partial charge in [-0.15, -0.1) is 85.9 Å². The predicted octanol–water partition coefficient (Wildman–Crippen LogP) is 21.0. The number of unbranched alkanes of at least 4 members (excludes halogenated alkanes) is 8. The normalized spacial score (nSPS) is 15.0. The molecule has 4 unspecified atom stereocenters. The summed E-state index contributed by atoms with van der Waals surface area (Å²) in [4.78, 5) is 41.5. The maximum absolute atomic E-state index is 14.3. The lowest BCUT2D eigenvalue weighted by atomic mass is 9.84. The molecular formula is C62H77N3O2P2S6. The molecule has 398 valence electrons. The van der Waals surface area contributed by atoms with Gasteiger partial charge in [-0.1, -0.05) is 143 Å². The van der Waals surface area contributed by atoms with Crippen LogP contribution < -0.4 is 6.13 Å². The standard InChI is InChI=1S/C62H70N2O2S6.H3N.H4P2/c1-7-11-15-17-23-39(21-13-9-3)33-41-35-43-37-51(46-26-20-32-68-46)71-59(43)53-42(34-40(22-14-10-4)24-18-16-12-8-2)36-44-38-52(72-60(44)54(41)53)48-28-30-50(70-48)58-56-55(61(65)64(58)6)57(63(5)62(56)66)49-29-27-47(69-49)45-25-19-31-67-45;;1-2/h19-20,25-32,35-40H,7-18,21-24,33-34H2,1-6H3;1H3;1-2H2/i/hTD2. The third-order valence-electron chi connectivity index (χ3n) is 15.3. The summed E-state index contributed by atoms with van der Waals surface area (Å²) in [5.41, 5.74) is 5.56. The molecule has 0 radical (unpaired) electrons. The lowest BCUT2D eigenvalue weighted by Gasteiger charge is -2.22. The first-order valence-electron chi connectivity index (χ1n) is 28.7. The summed E-state index contributed by atoms with van der Waals surface area (Å²) in [5, 5.41) is 10.1. The number of rotatable bonds is 25. The SMILES string of the molecule is CCCCCCC(CCCC)Cc1cc2cc(-c3ccc(C4=C5C(=O)N(C)C(c6ccc(-c7cccs7)s6)=C5C(=O)N4C)s3)sc2c2c(CC(CCCC)CCCCCC)cc3cc(-c4cccs4)sc3c12.PP.[2H]N([2H])[3H]. The maximum atomic E-state index is 14.3. The Morgan fingerprint density at radius 3 is 1.32 bits per heavy atom. The second kappa shape index (κ2) is 27.0. The Kier molecular flexibility index (Phi) is 19.3. The van der Waals surface area contributed by atoms with E-state index in [0.717, 1.165) is 33.2 Å². The number of likely N-dealkylation sites (N-methyl/N-ethyl adjacent to an activating group) is 2. The van der Waals surface area contributed by atoms with Gasteiger partial charge in [-0.3, -0.25) is 9.59 Å². The summed E-state index contributed by atoms with van der Waals surface area (Å²) in [6, 6.07) is 27.4. The zero-order valence-electron chi connectivity index (χ0n) is 47.7. The maximum Gasteiger partial charge on any atom is 0.261 e. The number of carbonyl (C=O) groups is 2. The molecule has 3 N–H and O–H groups in total. The Labute approximate surface area is 480 Å². The lowest BCUT2D eigenvalue weighted by Crippen LogP contribution is -2.24. The summed E-state index contributed by atoms with van der Waals surface area (Å²) in [7, 11) is 8.32. The van der Waals surface area contributed by atoms with Crippen molar-refractivity contribution in [3.63, 3.8) is 0 Å². The smallest absolute Gasteiger partial charge is 0.261 e. The van der Waals surface area contributed by atoms with E-state index in [2.05, 4.69) is 129 Å². The number of thiophene rings is 6. The molecule has 75 heavy (non-hydrogen) atoms. The third kappa shape index (κ3) is 12.3. The van der Waals surface area contributed by atoms with E-state index < -0.39 is 0 Å². The molecule has 13 heteroatoms. The van der Waals surface area contributed by atoms with Crippen LogP contribution in [0.1, 0.15) is 151 Å². The van der Waals surface area contributed by atoms with Gasteiger partial charge in [-0.05, 0) is 118 Å². The number of fused-ring (bicyclic) bond motifs is 6. The van der Waals surface area contributed by atoms with Crippen molar-refractivity contribution in [2.24, 2.45) is 11.8 Å². The average molecular weight is 1150 g/mol. The van der Waals surface area contributed by atoms with Crippen molar-refractivity contribution in [1.82, 2.24) is 15.9 Å². The van der Waals surface area contributed by atoms with Gasteiger partial charge in [0.05, 0.1) is 32.3 Å². The average Bonchev–Trinajstić information content (AvgIpc) is 4.49. The van der Waals surface area contributed by atoms with E-state index >= 15 is 0 Å². The highest BCUT2D eigenvalue weighted by Crippen LogP contribution is 2.52. The monoisotopic (exact) mass is 1150 g/mol. The Hall–Kier alpha value is -3.34. The van der Waals surface area contributed by atoms with E-state index in [9.17, 15) is 9.59 Å². The van der Waals surface area contributed by atoms with E-state index in [1.807, 2.05) is 48.1 Å². The van der Waals surface area contributed by atoms with Gasteiger partial charge in [-0.2, -0.15) is 0 Å². The van der Waals surface area contributed by atoms with Gasteiger partial charge in [0.1, 0.15) is 4.24 Å². The highest BCUT2D eigenvalue weighted by atomic mass is 32.1. The molecule has 0 saturated heterocycles. The molecule has 2 amide bonds.